The van der Waals surface area contributed by atoms with Crippen LogP contribution in [0.2, 0.25) is 0 Å². The molecule has 5 nitrogen and oxygen atoms in total. The standard InChI is InChI=1S/C11H8F4N4O/c1-4(10-16-3-17-19-10)18-11(20)5-2-6(12)8(14)9(15)7(5)13/h2-4H,1H3,(H,18,20)(H,16,17,19). The summed E-state index contributed by atoms with van der Waals surface area (Å²) in [6, 6.07) is -0.420. The molecule has 0 saturated carbocycles. The van der Waals surface area contributed by atoms with Crippen molar-refractivity contribution in [2.24, 2.45) is 0 Å². The molecule has 0 aliphatic heterocycles. The number of amides is 1. The molecule has 2 rings (SSSR count). The molecule has 1 unspecified atom stereocenters. The van der Waals surface area contributed by atoms with Crippen molar-refractivity contribution in [3.63, 3.8) is 0 Å². The molecule has 1 atom stereocenters. The number of hydrogen-bond acceptors (Lipinski definition) is 3. The topological polar surface area (TPSA) is 70.7 Å². The highest BCUT2D eigenvalue weighted by Gasteiger charge is 2.24. The number of aromatic amines is 1. The van der Waals surface area contributed by atoms with Gasteiger partial charge in [0.05, 0.1) is 11.6 Å². The summed E-state index contributed by atoms with van der Waals surface area (Å²) in [5.41, 5.74) is -0.937. The van der Waals surface area contributed by atoms with E-state index in [2.05, 4.69) is 20.5 Å². The van der Waals surface area contributed by atoms with Gasteiger partial charge in [0, 0.05) is 0 Å². The first kappa shape index (κ1) is 14.0. The smallest absolute Gasteiger partial charge is 0.255 e. The lowest BCUT2D eigenvalue weighted by atomic mass is 10.1. The SMILES string of the molecule is CC(NC(=O)c1cc(F)c(F)c(F)c1F)c1ncn[nH]1. The van der Waals surface area contributed by atoms with Crippen LogP contribution in [0.3, 0.4) is 0 Å². The molecular formula is C11H8F4N4O. The maximum atomic E-state index is 13.4. The molecule has 0 saturated heterocycles. The third-order valence-electron chi connectivity index (χ3n) is 2.54. The van der Waals surface area contributed by atoms with Crippen molar-refractivity contribution in [1.29, 1.82) is 0 Å². The summed E-state index contributed by atoms with van der Waals surface area (Å²) in [5, 5.41) is 8.26. The van der Waals surface area contributed by atoms with Gasteiger partial charge in [-0.05, 0) is 13.0 Å². The first-order valence-electron chi connectivity index (χ1n) is 5.41. The largest absolute Gasteiger partial charge is 0.342 e. The number of aromatic nitrogens is 3. The Balaban J connectivity index is 2.26. The van der Waals surface area contributed by atoms with E-state index in [-0.39, 0.29) is 11.9 Å². The Labute approximate surface area is 110 Å². The molecule has 2 aromatic rings. The highest BCUT2D eigenvalue weighted by atomic mass is 19.2. The van der Waals surface area contributed by atoms with Gasteiger partial charge in [-0.2, -0.15) is 5.10 Å². The molecule has 0 aliphatic rings. The van der Waals surface area contributed by atoms with E-state index in [1.807, 2.05) is 0 Å². The Bertz CT molecular complexity index is 644. The number of halogens is 4. The van der Waals surface area contributed by atoms with Crippen molar-refractivity contribution < 1.29 is 22.4 Å². The first-order chi connectivity index (χ1) is 9.41. The van der Waals surface area contributed by atoms with Crippen LogP contribution in [-0.2, 0) is 0 Å². The Morgan fingerprint density at radius 3 is 2.55 bits per heavy atom. The monoisotopic (exact) mass is 288 g/mol. The first-order valence-corrected chi connectivity index (χ1v) is 5.41. The van der Waals surface area contributed by atoms with Crippen LogP contribution in [0.5, 0.6) is 0 Å². The molecule has 106 valence electrons. The van der Waals surface area contributed by atoms with Gasteiger partial charge in [0.1, 0.15) is 12.2 Å². The van der Waals surface area contributed by atoms with Crippen LogP contribution < -0.4 is 5.32 Å². The average molecular weight is 288 g/mol. The summed E-state index contributed by atoms with van der Waals surface area (Å²) in [4.78, 5) is 15.5. The maximum absolute atomic E-state index is 13.4. The molecule has 1 heterocycles. The maximum Gasteiger partial charge on any atom is 0.255 e. The van der Waals surface area contributed by atoms with Gasteiger partial charge in [0.2, 0.25) is 0 Å². The van der Waals surface area contributed by atoms with Gasteiger partial charge in [-0.1, -0.05) is 0 Å². The molecule has 0 aliphatic carbocycles. The summed E-state index contributed by atoms with van der Waals surface area (Å²) in [7, 11) is 0. The lowest BCUT2D eigenvalue weighted by Crippen LogP contribution is -2.28. The molecule has 9 heteroatoms. The minimum Gasteiger partial charge on any atom is -0.342 e. The molecule has 0 radical (unpaired) electrons. The number of H-pyrrole nitrogens is 1. The van der Waals surface area contributed by atoms with Crippen molar-refractivity contribution in [3.05, 3.63) is 47.1 Å². The fourth-order valence-electron chi connectivity index (χ4n) is 1.50. The lowest BCUT2D eigenvalue weighted by molar-refractivity contribution is 0.0932. The van der Waals surface area contributed by atoms with Gasteiger partial charge in [0.15, 0.2) is 23.3 Å². The summed E-state index contributed by atoms with van der Waals surface area (Å²) in [6.45, 7) is 1.49. The summed E-state index contributed by atoms with van der Waals surface area (Å²) < 4.78 is 52.2. The van der Waals surface area contributed by atoms with Crippen molar-refractivity contribution in [2.75, 3.05) is 0 Å². The van der Waals surface area contributed by atoms with Crippen LogP contribution in [0.4, 0.5) is 17.6 Å². The number of hydrogen-bond donors (Lipinski definition) is 2. The zero-order chi connectivity index (χ0) is 14.9. The summed E-state index contributed by atoms with van der Waals surface area (Å²) >= 11 is 0. The molecular weight excluding hydrogens is 280 g/mol. The predicted octanol–water partition coefficient (Wildman–Crippen LogP) is 1.85. The third kappa shape index (κ3) is 2.46. The minimum absolute atomic E-state index is 0.266. The average Bonchev–Trinajstić information content (AvgIpc) is 2.94. The van der Waals surface area contributed by atoms with Gasteiger partial charge in [0.25, 0.3) is 5.91 Å². The van der Waals surface area contributed by atoms with E-state index < -0.39 is 40.8 Å². The van der Waals surface area contributed by atoms with E-state index >= 15 is 0 Å². The Kier molecular flexibility index (Phi) is 3.68. The molecule has 2 N–H and O–H groups in total. The van der Waals surface area contributed by atoms with Gasteiger partial charge in [-0.3, -0.25) is 9.89 Å². The molecule has 1 aromatic heterocycles. The second-order valence-electron chi connectivity index (χ2n) is 3.91. The van der Waals surface area contributed by atoms with Crippen LogP contribution in [0, 0.1) is 23.3 Å². The van der Waals surface area contributed by atoms with Crippen molar-refractivity contribution >= 4 is 5.91 Å². The Morgan fingerprint density at radius 1 is 1.25 bits per heavy atom. The van der Waals surface area contributed by atoms with Crippen molar-refractivity contribution in [1.82, 2.24) is 20.5 Å². The third-order valence-corrected chi connectivity index (χ3v) is 2.54. The van der Waals surface area contributed by atoms with Gasteiger partial charge in [-0.25, -0.2) is 22.5 Å². The zero-order valence-electron chi connectivity index (χ0n) is 10.0. The predicted molar refractivity (Wildman–Crippen MR) is 58.5 cm³/mol. The molecule has 0 spiro atoms. The second kappa shape index (κ2) is 5.27. The quantitative estimate of drug-likeness (QED) is 0.514. The molecule has 1 amide bonds. The van der Waals surface area contributed by atoms with E-state index in [0.717, 1.165) is 0 Å². The number of rotatable bonds is 3. The molecule has 20 heavy (non-hydrogen) atoms. The number of carbonyl (C=O) groups excluding carboxylic acids is 1. The fourth-order valence-corrected chi connectivity index (χ4v) is 1.50. The van der Waals surface area contributed by atoms with Crippen molar-refractivity contribution in [3.8, 4) is 0 Å². The number of carbonyl (C=O) groups is 1. The van der Waals surface area contributed by atoms with Crippen LogP contribution >= 0.6 is 0 Å². The summed E-state index contributed by atoms with van der Waals surface area (Å²) in [5.74, 6) is -8.26. The lowest BCUT2D eigenvalue weighted by Gasteiger charge is -2.12. The highest BCUT2D eigenvalue weighted by Crippen LogP contribution is 2.19. The van der Waals surface area contributed by atoms with Gasteiger partial charge in [-0.15, -0.1) is 0 Å². The van der Waals surface area contributed by atoms with Crippen LogP contribution in [0.25, 0.3) is 0 Å². The Morgan fingerprint density at radius 2 is 1.95 bits per heavy atom. The highest BCUT2D eigenvalue weighted by molar-refractivity contribution is 5.94. The van der Waals surface area contributed by atoms with Crippen LogP contribution in [0.1, 0.15) is 29.1 Å². The van der Waals surface area contributed by atoms with Crippen molar-refractivity contribution in [2.45, 2.75) is 13.0 Å². The van der Waals surface area contributed by atoms with Gasteiger partial charge < -0.3 is 5.32 Å². The van der Waals surface area contributed by atoms with E-state index in [0.29, 0.717) is 0 Å². The summed E-state index contributed by atoms with van der Waals surface area (Å²) in [6.07, 6.45) is 1.19. The van der Waals surface area contributed by atoms with E-state index in [1.165, 1.54) is 13.3 Å². The zero-order valence-corrected chi connectivity index (χ0v) is 10.0. The van der Waals surface area contributed by atoms with E-state index in [4.69, 9.17) is 0 Å². The Hall–Kier alpha value is -2.45. The molecule has 1 aromatic carbocycles. The number of nitrogens with zero attached hydrogens (tertiary/aromatic N) is 2. The second-order valence-corrected chi connectivity index (χ2v) is 3.91. The van der Waals surface area contributed by atoms with Crippen LogP contribution in [-0.4, -0.2) is 21.1 Å². The number of benzene rings is 1. The number of nitrogens with one attached hydrogen (secondary N) is 2. The molecule has 0 bridgehead atoms. The minimum atomic E-state index is -2.04. The molecule has 0 fully saturated rings. The van der Waals surface area contributed by atoms with E-state index in [9.17, 15) is 22.4 Å². The van der Waals surface area contributed by atoms with E-state index in [1.54, 1.807) is 0 Å². The fraction of sp³-hybridized carbons (Fsp3) is 0.182. The normalized spacial score (nSPS) is 12.2. The van der Waals surface area contributed by atoms with Crippen LogP contribution in [0.15, 0.2) is 12.4 Å². The van der Waals surface area contributed by atoms with Gasteiger partial charge >= 0.3 is 0 Å².